The van der Waals surface area contributed by atoms with Gasteiger partial charge in [-0.05, 0) is 19.2 Å². The molecule has 0 aliphatic carbocycles. The number of esters is 1. The van der Waals surface area contributed by atoms with Crippen LogP contribution in [0.5, 0.6) is 0 Å². The molecule has 5 heteroatoms. The topological polar surface area (TPSA) is 50.1 Å². The highest BCUT2D eigenvalue weighted by atomic mass is 32.2. The standard InChI is InChI=1S/C9H9NO2S2/c1-3-12-8(11)7-4-6(5-10)9(13-2)14-7/h4H,3H2,1-2H3. The van der Waals surface area contributed by atoms with E-state index in [1.165, 1.54) is 23.1 Å². The highest BCUT2D eigenvalue weighted by molar-refractivity contribution is 8.00. The van der Waals surface area contributed by atoms with E-state index in [9.17, 15) is 4.79 Å². The zero-order valence-electron chi connectivity index (χ0n) is 7.86. The molecule has 14 heavy (non-hydrogen) atoms. The molecule has 0 saturated carbocycles. The van der Waals surface area contributed by atoms with Crippen LogP contribution in [0.1, 0.15) is 22.2 Å². The molecule has 0 bridgehead atoms. The molecule has 0 aliphatic rings. The Bertz CT molecular complexity index is 379. The van der Waals surface area contributed by atoms with Crippen LogP contribution in [0.2, 0.25) is 0 Å². The van der Waals surface area contributed by atoms with Gasteiger partial charge in [0.2, 0.25) is 0 Å². The number of thioether (sulfide) groups is 1. The Morgan fingerprint density at radius 2 is 2.50 bits per heavy atom. The number of carbonyl (C=O) groups is 1. The van der Waals surface area contributed by atoms with Crippen LogP contribution in [-0.2, 0) is 4.74 Å². The second-order valence-electron chi connectivity index (χ2n) is 2.35. The summed E-state index contributed by atoms with van der Waals surface area (Å²) in [5.74, 6) is -0.352. The summed E-state index contributed by atoms with van der Waals surface area (Å²) in [5, 5.41) is 8.77. The van der Waals surface area contributed by atoms with Crippen molar-refractivity contribution in [3.63, 3.8) is 0 Å². The van der Waals surface area contributed by atoms with E-state index in [4.69, 9.17) is 10.00 Å². The highest BCUT2D eigenvalue weighted by Crippen LogP contribution is 2.30. The van der Waals surface area contributed by atoms with Crippen molar-refractivity contribution in [2.45, 2.75) is 11.1 Å². The molecule has 0 N–H and O–H groups in total. The van der Waals surface area contributed by atoms with Gasteiger partial charge in [0, 0.05) is 0 Å². The van der Waals surface area contributed by atoms with Crippen LogP contribution in [0.3, 0.4) is 0 Å². The Hall–Kier alpha value is -0.990. The molecule has 3 nitrogen and oxygen atoms in total. The van der Waals surface area contributed by atoms with E-state index in [2.05, 4.69) is 0 Å². The lowest BCUT2D eigenvalue weighted by molar-refractivity contribution is 0.0532. The van der Waals surface area contributed by atoms with Crippen molar-refractivity contribution in [3.05, 3.63) is 16.5 Å². The molecule has 1 aromatic heterocycles. The normalized spacial score (nSPS) is 9.50. The molecule has 0 aliphatic heterocycles. The highest BCUT2D eigenvalue weighted by Gasteiger charge is 2.14. The van der Waals surface area contributed by atoms with Crippen LogP contribution in [0.25, 0.3) is 0 Å². The van der Waals surface area contributed by atoms with Crippen molar-refractivity contribution in [2.24, 2.45) is 0 Å². The lowest BCUT2D eigenvalue weighted by atomic mass is 10.3. The van der Waals surface area contributed by atoms with Gasteiger partial charge in [0.1, 0.15) is 10.9 Å². The number of hydrogen-bond acceptors (Lipinski definition) is 5. The van der Waals surface area contributed by atoms with Crippen LogP contribution in [0, 0.1) is 11.3 Å². The van der Waals surface area contributed by atoms with E-state index in [1.807, 2.05) is 12.3 Å². The number of ether oxygens (including phenoxy) is 1. The molecule has 0 radical (unpaired) electrons. The number of hydrogen-bond donors (Lipinski definition) is 0. The van der Waals surface area contributed by atoms with Crippen molar-refractivity contribution in [1.29, 1.82) is 5.26 Å². The minimum atomic E-state index is -0.352. The monoisotopic (exact) mass is 227 g/mol. The smallest absolute Gasteiger partial charge is 0.348 e. The van der Waals surface area contributed by atoms with Crippen molar-refractivity contribution in [1.82, 2.24) is 0 Å². The Labute approximate surface area is 90.7 Å². The SMILES string of the molecule is CCOC(=O)c1cc(C#N)c(SC)s1. The van der Waals surface area contributed by atoms with E-state index < -0.39 is 0 Å². The average molecular weight is 227 g/mol. The molecule has 0 saturated heterocycles. The maximum Gasteiger partial charge on any atom is 0.348 e. The minimum absolute atomic E-state index is 0.352. The molecule has 0 fully saturated rings. The lowest BCUT2D eigenvalue weighted by Gasteiger charge is -1.96. The molecule has 0 atom stereocenters. The summed E-state index contributed by atoms with van der Waals surface area (Å²) in [4.78, 5) is 11.8. The first kappa shape index (κ1) is 11.1. The third-order valence-electron chi connectivity index (χ3n) is 1.48. The van der Waals surface area contributed by atoms with Gasteiger partial charge < -0.3 is 4.74 Å². The first-order chi connectivity index (χ1) is 6.72. The van der Waals surface area contributed by atoms with Crippen LogP contribution in [0.15, 0.2) is 10.3 Å². The maximum atomic E-state index is 11.3. The predicted octanol–water partition coefficient (Wildman–Crippen LogP) is 2.52. The van der Waals surface area contributed by atoms with Gasteiger partial charge in [0.15, 0.2) is 0 Å². The summed E-state index contributed by atoms with van der Waals surface area (Å²) in [6.45, 7) is 2.11. The Morgan fingerprint density at radius 1 is 1.79 bits per heavy atom. The second kappa shape index (κ2) is 5.03. The zero-order chi connectivity index (χ0) is 10.6. The van der Waals surface area contributed by atoms with Gasteiger partial charge in [-0.25, -0.2) is 4.79 Å². The molecule has 1 heterocycles. The minimum Gasteiger partial charge on any atom is -0.462 e. The van der Waals surface area contributed by atoms with Crippen LogP contribution in [0.4, 0.5) is 0 Å². The fraction of sp³-hybridized carbons (Fsp3) is 0.333. The van der Waals surface area contributed by atoms with E-state index in [0.29, 0.717) is 17.0 Å². The third-order valence-corrected chi connectivity index (χ3v) is 3.73. The van der Waals surface area contributed by atoms with Crippen LogP contribution in [-0.4, -0.2) is 18.8 Å². The summed E-state index contributed by atoms with van der Waals surface area (Å²) in [6, 6.07) is 3.62. The quantitative estimate of drug-likeness (QED) is 0.588. The first-order valence-electron chi connectivity index (χ1n) is 3.98. The molecule has 0 amide bonds. The maximum absolute atomic E-state index is 11.3. The molecule has 0 unspecified atom stereocenters. The largest absolute Gasteiger partial charge is 0.462 e. The molecule has 0 spiro atoms. The van der Waals surface area contributed by atoms with Crippen molar-refractivity contribution < 1.29 is 9.53 Å². The van der Waals surface area contributed by atoms with E-state index in [0.717, 1.165) is 4.21 Å². The molecular weight excluding hydrogens is 218 g/mol. The van der Waals surface area contributed by atoms with Gasteiger partial charge >= 0.3 is 5.97 Å². The molecular formula is C9H9NO2S2. The van der Waals surface area contributed by atoms with E-state index in [1.54, 1.807) is 13.0 Å². The summed E-state index contributed by atoms with van der Waals surface area (Å²) in [6.07, 6.45) is 1.88. The van der Waals surface area contributed by atoms with Gasteiger partial charge in [0.25, 0.3) is 0 Å². The van der Waals surface area contributed by atoms with E-state index >= 15 is 0 Å². The first-order valence-corrected chi connectivity index (χ1v) is 6.02. The number of carbonyl (C=O) groups excluding carboxylic acids is 1. The Kier molecular flexibility index (Phi) is 3.98. The average Bonchev–Trinajstić information content (AvgIpc) is 2.61. The van der Waals surface area contributed by atoms with Gasteiger partial charge in [-0.2, -0.15) is 5.26 Å². The fourth-order valence-corrected chi connectivity index (χ4v) is 2.57. The predicted molar refractivity (Wildman–Crippen MR) is 56.8 cm³/mol. The summed E-state index contributed by atoms with van der Waals surface area (Å²) in [5.41, 5.74) is 0.547. The zero-order valence-corrected chi connectivity index (χ0v) is 9.50. The van der Waals surface area contributed by atoms with Gasteiger partial charge in [-0.1, -0.05) is 0 Å². The van der Waals surface area contributed by atoms with Crippen molar-refractivity contribution in [3.8, 4) is 6.07 Å². The second-order valence-corrected chi connectivity index (χ2v) is 4.48. The molecule has 0 aromatic carbocycles. The summed E-state index contributed by atoms with van der Waals surface area (Å²) >= 11 is 2.76. The molecule has 1 aromatic rings. The third kappa shape index (κ3) is 2.28. The van der Waals surface area contributed by atoms with Crippen LogP contribution >= 0.6 is 23.1 Å². The Balaban J connectivity index is 2.96. The van der Waals surface area contributed by atoms with Gasteiger partial charge in [-0.3, -0.25) is 0 Å². The van der Waals surface area contributed by atoms with Crippen molar-refractivity contribution >= 4 is 29.1 Å². The van der Waals surface area contributed by atoms with Gasteiger partial charge in [-0.15, -0.1) is 23.1 Å². The summed E-state index contributed by atoms with van der Waals surface area (Å²) < 4.78 is 5.70. The lowest BCUT2D eigenvalue weighted by Crippen LogP contribution is -2.01. The number of nitrogens with zero attached hydrogens (tertiary/aromatic N) is 1. The van der Waals surface area contributed by atoms with E-state index in [-0.39, 0.29) is 5.97 Å². The van der Waals surface area contributed by atoms with Gasteiger partial charge in [0.05, 0.1) is 16.4 Å². The fourth-order valence-electron chi connectivity index (χ4n) is 0.907. The summed E-state index contributed by atoms with van der Waals surface area (Å²) in [7, 11) is 0. The van der Waals surface area contributed by atoms with Crippen molar-refractivity contribution in [2.75, 3.05) is 12.9 Å². The molecule has 74 valence electrons. The number of rotatable bonds is 3. The van der Waals surface area contributed by atoms with Crippen LogP contribution < -0.4 is 0 Å². The number of thiophene rings is 1. The number of nitriles is 1. The Morgan fingerprint density at radius 3 is 2.93 bits per heavy atom. The molecule has 1 rings (SSSR count).